The van der Waals surface area contributed by atoms with Crippen LogP contribution in [0.1, 0.15) is 19.8 Å². The van der Waals surface area contributed by atoms with Gasteiger partial charge in [0.15, 0.2) is 0 Å². The van der Waals surface area contributed by atoms with Crippen LogP contribution in [0.15, 0.2) is 23.1 Å². The van der Waals surface area contributed by atoms with Gasteiger partial charge in [0.2, 0.25) is 10.0 Å². The molecule has 1 heterocycles. The van der Waals surface area contributed by atoms with Crippen LogP contribution in [-0.2, 0) is 14.8 Å². The maximum atomic E-state index is 13.8. The molecule has 5 nitrogen and oxygen atoms in total. The first-order chi connectivity index (χ1) is 9.28. The van der Waals surface area contributed by atoms with Crippen molar-refractivity contribution in [2.45, 2.75) is 30.3 Å². The molecule has 0 aromatic heterocycles. The van der Waals surface area contributed by atoms with Crippen molar-refractivity contribution in [1.82, 2.24) is 4.31 Å². The smallest absolute Gasteiger partial charge is 0.246 e. The summed E-state index contributed by atoms with van der Waals surface area (Å²) in [5.74, 6) is -0.788. The molecule has 20 heavy (non-hydrogen) atoms. The summed E-state index contributed by atoms with van der Waals surface area (Å²) in [5.41, 5.74) is 5.24. The third kappa shape index (κ3) is 2.79. The lowest BCUT2D eigenvalue weighted by molar-refractivity contribution is -0.0319. The number of hydrogen-bond acceptors (Lipinski definition) is 4. The van der Waals surface area contributed by atoms with Crippen LogP contribution >= 0.6 is 0 Å². The van der Waals surface area contributed by atoms with Gasteiger partial charge in [0.05, 0.1) is 5.60 Å². The zero-order valence-corrected chi connectivity index (χ0v) is 12.4. The first kappa shape index (κ1) is 15.2. The molecule has 7 heteroatoms. The van der Waals surface area contributed by atoms with Crippen molar-refractivity contribution in [2.75, 3.05) is 25.9 Å². The minimum atomic E-state index is -3.90. The Morgan fingerprint density at radius 1 is 1.45 bits per heavy atom. The van der Waals surface area contributed by atoms with E-state index in [9.17, 15) is 12.8 Å². The number of methoxy groups -OCH3 is 1. The number of piperidine rings is 1. The highest BCUT2D eigenvalue weighted by molar-refractivity contribution is 7.89. The van der Waals surface area contributed by atoms with E-state index in [2.05, 4.69) is 0 Å². The minimum Gasteiger partial charge on any atom is -0.399 e. The zero-order valence-electron chi connectivity index (χ0n) is 11.6. The normalized spacial score (nSPS) is 24.8. The summed E-state index contributed by atoms with van der Waals surface area (Å²) in [5, 5.41) is 0. The van der Waals surface area contributed by atoms with E-state index < -0.39 is 21.4 Å². The number of nitrogens with zero attached hydrogens (tertiary/aromatic N) is 1. The molecule has 0 saturated carbocycles. The Labute approximate surface area is 118 Å². The van der Waals surface area contributed by atoms with Crippen molar-refractivity contribution in [3.63, 3.8) is 0 Å². The van der Waals surface area contributed by atoms with Gasteiger partial charge in [-0.1, -0.05) is 0 Å². The summed E-state index contributed by atoms with van der Waals surface area (Å²) in [4.78, 5) is -0.377. The summed E-state index contributed by atoms with van der Waals surface area (Å²) in [6.45, 7) is 2.42. The number of anilines is 1. The lowest BCUT2D eigenvalue weighted by atomic mass is 9.96. The second-order valence-corrected chi connectivity index (χ2v) is 7.19. The van der Waals surface area contributed by atoms with Crippen molar-refractivity contribution in [2.24, 2.45) is 0 Å². The number of ether oxygens (including phenoxy) is 1. The number of benzene rings is 1. The van der Waals surface area contributed by atoms with E-state index in [1.54, 1.807) is 7.11 Å². The number of nitrogens with two attached hydrogens (primary N) is 1. The largest absolute Gasteiger partial charge is 0.399 e. The molecule has 112 valence electrons. The monoisotopic (exact) mass is 302 g/mol. The maximum Gasteiger partial charge on any atom is 0.246 e. The van der Waals surface area contributed by atoms with E-state index in [0.717, 1.165) is 18.6 Å². The molecular weight excluding hydrogens is 283 g/mol. The van der Waals surface area contributed by atoms with Crippen LogP contribution in [0.4, 0.5) is 10.1 Å². The Morgan fingerprint density at radius 2 is 2.15 bits per heavy atom. The summed E-state index contributed by atoms with van der Waals surface area (Å²) in [6.07, 6.45) is 1.45. The van der Waals surface area contributed by atoms with E-state index in [0.29, 0.717) is 13.0 Å². The van der Waals surface area contributed by atoms with E-state index in [1.807, 2.05) is 6.92 Å². The van der Waals surface area contributed by atoms with Crippen LogP contribution in [0.5, 0.6) is 0 Å². The molecule has 1 saturated heterocycles. The Bertz CT molecular complexity index is 606. The molecule has 1 aromatic rings. The summed E-state index contributed by atoms with van der Waals surface area (Å²) in [7, 11) is -2.35. The first-order valence-electron chi connectivity index (χ1n) is 6.39. The molecule has 0 spiro atoms. The fourth-order valence-corrected chi connectivity index (χ4v) is 4.08. The number of halogens is 1. The van der Waals surface area contributed by atoms with Crippen LogP contribution in [-0.4, -0.2) is 38.5 Å². The van der Waals surface area contributed by atoms with Crippen molar-refractivity contribution in [3.8, 4) is 0 Å². The first-order valence-corrected chi connectivity index (χ1v) is 7.83. The van der Waals surface area contributed by atoms with Crippen LogP contribution < -0.4 is 5.73 Å². The van der Waals surface area contributed by atoms with E-state index in [-0.39, 0.29) is 17.1 Å². The molecule has 1 fully saturated rings. The molecule has 1 aliphatic heterocycles. The van der Waals surface area contributed by atoms with Crippen molar-refractivity contribution in [3.05, 3.63) is 24.0 Å². The predicted molar refractivity (Wildman–Crippen MR) is 74.2 cm³/mol. The predicted octanol–water partition coefficient (Wildman–Crippen LogP) is 1.60. The number of hydrogen-bond donors (Lipinski definition) is 1. The van der Waals surface area contributed by atoms with Gasteiger partial charge in [0, 0.05) is 25.9 Å². The number of sulfonamides is 1. The minimum absolute atomic E-state index is 0.208. The van der Waals surface area contributed by atoms with Crippen LogP contribution in [0, 0.1) is 5.82 Å². The molecular formula is C13H19FN2O3S. The van der Waals surface area contributed by atoms with E-state index in [1.165, 1.54) is 10.4 Å². The van der Waals surface area contributed by atoms with E-state index >= 15 is 0 Å². The van der Waals surface area contributed by atoms with Crippen molar-refractivity contribution >= 4 is 15.7 Å². The standard InChI is InChI=1S/C13H19FN2O3S/c1-13(19-2)6-3-7-16(9-13)20(17,18)12-8-10(15)4-5-11(12)14/h4-5,8H,3,6-7,9,15H2,1-2H3. The molecule has 2 rings (SSSR count). The Hall–Kier alpha value is -1.18. The summed E-state index contributed by atoms with van der Waals surface area (Å²) < 4.78 is 45.5. The second-order valence-electron chi connectivity index (χ2n) is 5.29. The zero-order chi connectivity index (χ0) is 15.0. The van der Waals surface area contributed by atoms with Crippen molar-refractivity contribution in [1.29, 1.82) is 0 Å². The second kappa shape index (κ2) is 5.31. The molecule has 0 amide bonds. The molecule has 0 bridgehead atoms. The quantitative estimate of drug-likeness (QED) is 0.861. The van der Waals surface area contributed by atoms with Gasteiger partial charge < -0.3 is 10.5 Å². The van der Waals surface area contributed by atoms with Gasteiger partial charge in [-0.05, 0) is 38.0 Å². The molecule has 1 unspecified atom stereocenters. The van der Waals surface area contributed by atoms with Gasteiger partial charge in [0.1, 0.15) is 10.7 Å². The summed E-state index contributed by atoms with van der Waals surface area (Å²) in [6, 6.07) is 3.56. The lowest BCUT2D eigenvalue weighted by Gasteiger charge is -2.38. The third-order valence-electron chi connectivity index (χ3n) is 3.69. The lowest BCUT2D eigenvalue weighted by Crippen LogP contribution is -2.49. The Kier molecular flexibility index (Phi) is 4.04. The van der Waals surface area contributed by atoms with Crippen LogP contribution in [0.2, 0.25) is 0 Å². The third-order valence-corrected chi connectivity index (χ3v) is 5.55. The van der Waals surface area contributed by atoms with E-state index in [4.69, 9.17) is 10.5 Å². The summed E-state index contributed by atoms with van der Waals surface area (Å²) >= 11 is 0. The SMILES string of the molecule is COC1(C)CCCN(S(=O)(=O)c2cc(N)ccc2F)C1. The fraction of sp³-hybridized carbons (Fsp3) is 0.538. The number of nitrogen functional groups attached to an aromatic ring is 1. The average molecular weight is 302 g/mol. The van der Waals surface area contributed by atoms with Gasteiger partial charge >= 0.3 is 0 Å². The van der Waals surface area contributed by atoms with Gasteiger partial charge in [0.25, 0.3) is 0 Å². The van der Waals surface area contributed by atoms with Gasteiger partial charge in [-0.2, -0.15) is 4.31 Å². The maximum absolute atomic E-state index is 13.8. The highest BCUT2D eigenvalue weighted by Crippen LogP contribution is 2.29. The molecule has 2 N–H and O–H groups in total. The molecule has 1 aromatic carbocycles. The molecule has 1 atom stereocenters. The molecule has 0 radical (unpaired) electrons. The van der Waals surface area contributed by atoms with Gasteiger partial charge in [-0.25, -0.2) is 12.8 Å². The van der Waals surface area contributed by atoms with Crippen LogP contribution in [0.25, 0.3) is 0 Å². The number of rotatable bonds is 3. The highest BCUT2D eigenvalue weighted by Gasteiger charge is 2.38. The highest BCUT2D eigenvalue weighted by atomic mass is 32.2. The van der Waals surface area contributed by atoms with Crippen molar-refractivity contribution < 1.29 is 17.5 Å². The Morgan fingerprint density at radius 3 is 2.80 bits per heavy atom. The van der Waals surface area contributed by atoms with Gasteiger partial charge in [-0.15, -0.1) is 0 Å². The topological polar surface area (TPSA) is 72.6 Å². The Balaban J connectivity index is 2.37. The van der Waals surface area contributed by atoms with Crippen LogP contribution in [0.3, 0.4) is 0 Å². The van der Waals surface area contributed by atoms with Gasteiger partial charge in [-0.3, -0.25) is 0 Å². The average Bonchev–Trinajstić information content (AvgIpc) is 2.41. The fourth-order valence-electron chi connectivity index (χ4n) is 2.39. The molecule has 0 aliphatic carbocycles. The molecule has 1 aliphatic rings.